The maximum absolute atomic E-state index is 6.12. The van der Waals surface area contributed by atoms with Gasteiger partial charge >= 0.3 is 0 Å². The van der Waals surface area contributed by atoms with Gasteiger partial charge in [-0.2, -0.15) is 0 Å². The van der Waals surface area contributed by atoms with E-state index in [9.17, 15) is 0 Å². The predicted octanol–water partition coefficient (Wildman–Crippen LogP) is 2.90. The van der Waals surface area contributed by atoms with E-state index in [-0.39, 0.29) is 6.04 Å². The van der Waals surface area contributed by atoms with Crippen LogP contribution in [0.5, 0.6) is 0 Å². The van der Waals surface area contributed by atoms with Gasteiger partial charge in [0.15, 0.2) is 0 Å². The van der Waals surface area contributed by atoms with Crippen molar-refractivity contribution in [1.82, 2.24) is 4.90 Å². The Hall–Kier alpha value is -0.840. The average molecular weight is 292 g/mol. The van der Waals surface area contributed by atoms with E-state index in [2.05, 4.69) is 30.9 Å². The number of hydrogen-bond donors (Lipinski definition) is 1. The second-order valence-electron chi connectivity index (χ2n) is 6.53. The summed E-state index contributed by atoms with van der Waals surface area (Å²) in [4.78, 5) is 2.40. The Morgan fingerprint density at radius 1 is 1.43 bits per heavy atom. The van der Waals surface area contributed by atoms with E-state index in [1.807, 2.05) is 0 Å². The van der Waals surface area contributed by atoms with Crippen LogP contribution in [-0.2, 0) is 4.74 Å². The van der Waals surface area contributed by atoms with Gasteiger partial charge in [0.05, 0.1) is 12.1 Å². The molecule has 21 heavy (non-hydrogen) atoms. The van der Waals surface area contributed by atoms with E-state index in [1.165, 1.54) is 12.8 Å². The van der Waals surface area contributed by atoms with Crippen molar-refractivity contribution in [1.29, 1.82) is 0 Å². The molecule has 2 heterocycles. The summed E-state index contributed by atoms with van der Waals surface area (Å²) in [6.45, 7) is 7.88. The van der Waals surface area contributed by atoms with E-state index >= 15 is 0 Å². The monoisotopic (exact) mass is 292 g/mol. The van der Waals surface area contributed by atoms with Crippen LogP contribution in [0.4, 0.5) is 0 Å². The van der Waals surface area contributed by atoms with E-state index in [0.29, 0.717) is 18.6 Å². The number of hydrogen-bond acceptors (Lipinski definition) is 4. The molecule has 0 amide bonds. The van der Waals surface area contributed by atoms with Crippen LogP contribution in [0.2, 0.25) is 0 Å². The first kappa shape index (κ1) is 15.1. The molecule has 0 radical (unpaired) electrons. The number of nitrogens with two attached hydrogens (primary N) is 1. The second-order valence-corrected chi connectivity index (χ2v) is 6.53. The van der Waals surface area contributed by atoms with Gasteiger partial charge in [0.2, 0.25) is 0 Å². The Kier molecular flexibility index (Phi) is 4.67. The Labute approximate surface area is 127 Å². The highest BCUT2D eigenvalue weighted by molar-refractivity contribution is 5.19. The molecular formula is C17H28N2O2. The van der Waals surface area contributed by atoms with Gasteiger partial charge in [0.25, 0.3) is 0 Å². The lowest BCUT2D eigenvalue weighted by Crippen LogP contribution is -2.38. The molecule has 1 aliphatic heterocycles. The quantitative estimate of drug-likeness (QED) is 0.839. The van der Waals surface area contributed by atoms with Gasteiger partial charge < -0.3 is 14.9 Å². The van der Waals surface area contributed by atoms with Crippen LogP contribution in [0.25, 0.3) is 0 Å². The summed E-state index contributed by atoms with van der Waals surface area (Å²) in [6, 6.07) is 4.43. The van der Waals surface area contributed by atoms with Crippen molar-refractivity contribution in [3.05, 3.63) is 23.7 Å². The standard InChI is InChI=1S/C17H28N2O2/c1-3-19(11-13-5-4-8-20-13)15(10-18)17-7-6-16(21-17)14-9-12(14)2/h6-7,12-15H,3-5,8-11,18H2,1-2H3. The third-order valence-corrected chi connectivity index (χ3v) is 4.98. The number of likely N-dealkylation sites (N-methyl/N-ethyl adjacent to an activating group) is 1. The van der Waals surface area contributed by atoms with Crippen molar-refractivity contribution in [2.24, 2.45) is 11.7 Å². The number of nitrogens with zero attached hydrogens (tertiary/aromatic N) is 1. The predicted molar refractivity (Wildman–Crippen MR) is 83.2 cm³/mol. The third-order valence-electron chi connectivity index (χ3n) is 4.98. The summed E-state index contributed by atoms with van der Waals surface area (Å²) >= 11 is 0. The van der Waals surface area contributed by atoms with Crippen LogP contribution in [0, 0.1) is 5.92 Å². The average Bonchev–Trinajstić information content (AvgIpc) is 2.91. The molecule has 1 aromatic heterocycles. The third kappa shape index (κ3) is 3.33. The van der Waals surface area contributed by atoms with Crippen molar-refractivity contribution in [2.75, 3.05) is 26.2 Å². The summed E-state index contributed by atoms with van der Waals surface area (Å²) in [5.74, 6) is 3.57. The highest BCUT2D eigenvalue weighted by atomic mass is 16.5. The fourth-order valence-electron chi connectivity index (χ4n) is 3.44. The van der Waals surface area contributed by atoms with Crippen LogP contribution in [-0.4, -0.2) is 37.2 Å². The Morgan fingerprint density at radius 2 is 2.24 bits per heavy atom. The van der Waals surface area contributed by atoms with Crippen LogP contribution in [0.15, 0.2) is 16.5 Å². The van der Waals surface area contributed by atoms with E-state index in [1.54, 1.807) is 0 Å². The van der Waals surface area contributed by atoms with Gasteiger partial charge in [0, 0.05) is 25.6 Å². The van der Waals surface area contributed by atoms with Crippen LogP contribution in [0.3, 0.4) is 0 Å². The molecule has 2 N–H and O–H groups in total. The summed E-state index contributed by atoms with van der Waals surface area (Å²) in [5.41, 5.74) is 6.04. The Bertz CT molecular complexity index is 453. The normalized spacial score (nSPS) is 30.0. The van der Waals surface area contributed by atoms with Crippen LogP contribution < -0.4 is 5.73 Å². The number of ether oxygens (including phenoxy) is 1. The molecule has 118 valence electrons. The zero-order chi connectivity index (χ0) is 14.8. The van der Waals surface area contributed by atoms with Gasteiger partial charge in [-0.25, -0.2) is 0 Å². The van der Waals surface area contributed by atoms with Crippen molar-refractivity contribution >= 4 is 0 Å². The molecular weight excluding hydrogens is 264 g/mol. The molecule has 0 spiro atoms. The van der Waals surface area contributed by atoms with E-state index in [0.717, 1.165) is 43.6 Å². The largest absolute Gasteiger partial charge is 0.464 e. The summed E-state index contributed by atoms with van der Waals surface area (Å²) < 4.78 is 11.9. The van der Waals surface area contributed by atoms with E-state index < -0.39 is 0 Å². The van der Waals surface area contributed by atoms with Crippen molar-refractivity contribution in [3.63, 3.8) is 0 Å². The molecule has 0 aromatic carbocycles. The molecule has 3 rings (SSSR count). The van der Waals surface area contributed by atoms with Crippen LogP contribution >= 0.6 is 0 Å². The molecule has 1 aromatic rings. The maximum atomic E-state index is 6.12. The van der Waals surface area contributed by atoms with Gasteiger partial charge in [-0.1, -0.05) is 13.8 Å². The molecule has 2 aliphatic rings. The zero-order valence-electron chi connectivity index (χ0n) is 13.3. The molecule has 0 bridgehead atoms. The summed E-state index contributed by atoms with van der Waals surface area (Å²) in [5, 5.41) is 0. The van der Waals surface area contributed by atoms with Crippen molar-refractivity contribution < 1.29 is 9.15 Å². The van der Waals surface area contributed by atoms with Crippen molar-refractivity contribution in [2.45, 2.75) is 51.2 Å². The minimum atomic E-state index is 0.169. The van der Waals surface area contributed by atoms with E-state index in [4.69, 9.17) is 14.9 Å². The first-order chi connectivity index (χ1) is 10.2. The Morgan fingerprint density at radius 3 is 2.81 bits per heavy atom. The lowest BCUT2D eigenvalue weighted by molar-refractivity contribution is 0.0559. The fourth-order valence-corrected chi connectivity index (χ4v) is 3.44. The molecule has 4 nitrogen and oxygen atoms in total. The minimum absolute atomic E-state index is 0.169. The van der Waals surface area contributed by atoms with Crippen molar-refractivity contribution in [3.8, 4) is 0 Å². The summed E-state index contributed by atoms with van der Waals surface area (Å²) in [6.07, 6.45) is 3.96. The molecule has 4 atom stereocenters. The minimum Gasteiger partial charge on any atom is -0.464 e. The van der Waals surface area contributed by atoms with Crippen LogP contribution in [0.1, 0.15) is 56.6 Å². The first-order valence-corrected chi connectivity index (χ1v) is 8.38. The van der Waals surface area contributed by atoms with Gasteiger partial charge in [0.1, 0.15) is 11.5 Å². The molecule has 1 saturated heterocycles. The first-order valence-electron chi connectivity index (χ1n) is 8.38. The molecule has 4 heteroatoms. The molecule has 1 saturated carbocycles. The molecule has 1 aliphatic carbocycles. The molecule has 2 fully saturated rings. The molecule has 4 unspecified atom stereocenters. The summed E-state index contributed by atoms with van der Waals surface area (Å²) in [7, 11) is 0. The topological polar surface area (TPSA) is 51.6 Å². The maximum Gasteiger partial charge on any atom is 0.122 e. The van der Waals surface area contributed by atoms with Gasteiger partial charge in [-0.05, 0) is 43.9 Å². The number of furan rings is 1. The highest BCUT2D eigenvalue weighted by Crippen LogP contribution is 2.47. The zero-order valence-corrected chi connectivity index (χ0v) is 13.3. The van der Waals surface area contributed by atoms with Gasteiger partial charge in [-0.15, -0.1) is 0 Å². The smallest absolute Gasteiger partial charge is 0.122 e. The number of rotatable bonds is 7. The SMILES string of the molecule is CCN(CC1CCCO1)C(CN)c1ccc(C2CC2C)o1. The lowest BCUT2D eigenvalue weighted by atomic mass is 10.1. The Balaban J connectivity index is 1.67. The lowest BCUT2D eigenvalue weighted by Gasteiger charge is -2.30. The second kappa shape index (κ2) is 6.51. The highest BCUT2D eigenvalue weighted by Gasteiger charge is 2.37. The fraction of sp³-hybridized carbons (Fsp3) is 0.765. The van der Waals surface area contributed by atoms with Gasteiger partial charge in [-0.3, -0.25) is 4.90 Å².